The van der Waals surface area contributed by atoms with Gasteiger partial charge in [0.05, 0.1) is 31.4 Å². The van der Waals surface area contributed by atoms with E-state index in [1.165, 1.54) is 0 Å². The largest absolute Gasteiger partial charge is 0.481 e. The Morgan fingerprint density at radius 3 is 2.52 bits per heavy atom. The topological polar surface area (TPSA) is 93.0 Å². The molecule has 2 aromatic rings. The highest BCUT2D eigenvalue weighted by atomic mass is 16.7. The molecule has 168 valence electrons. The van der Waals surface area contributed by atoms with Crippen LogP contribution in [-0.4, -0.2) is 72.8 Å². The van der Waals surface area contributed by atoms with Gasteiger partial charge in [0.15, 0.2) is 6.29 Å². The van der Waals surface area contributed by atoms with Crippen molar-refractivity contribution in [2.24, 2.45) is 10.8 Å². The van der Waals surface area contributed by atoms with E-state index in [9.17, 15) is 9.90 Å². The van der Waals surface area contributed by atoms with Crippen molar-refractivity contribution >= 4 is 17.3 Å². The standard InChI is InChI=1S/C22H31N5O4/c1-21(2)13-30-19(31-14-21)10-27-9-17(23-24-27)16-7-6-15(8-18(16)25(4)5)26-11-22(3,12-26)20(28)29/h6-9,19H,10-14H2,1-5H3,(H,28,29). The van der Waals surface area contributed by atoms with E-state index in [1.807, 2.05) is 37.3 Å². The van der Waals surface area contributed by atoms with Crippen LogP contribution in [-0.2, 0) is 20.8 Å². The monoisotopic (exact) mass is 429 g/mol. The maximum absolute atomic E-state index is 11.4. The summed E-state index contributed by atoms with van der Waals surface area (Å²) in [7, 11) is 3.96. The molecule has 3 heterocycles. The van der Waals surface area contributed by atoms with E-state index in [2.05, 4.69) is 35.1 Å². The number of carboxylic acid groups (broad SMARTS) is 1. The van der Waals surface area contributed by atoms with Crippen LogP contribution < -0.4 is 9.80 Å². The molecule has 9 nitrogen and oxygen atoms in total. The molecule has 0 saturated carbocycles. The number of aliphatic carboxylic acids is 1. The molecule has 2 aliphatic rings. The van der Waals surface area contributed by atoms with E-state index in [4.69, 9.17) is 9.47 Å². The molecule has 0 atom stereocenters. The van der Waals surface area contributed by atoms with Crippen LogP contribution in [0.2, 0.25) is 0 Å². The Kier molecular flexibility index (Phi) is 5.43. The van der Waals surface area contributed by atoms with Crippen molar-refractivity contribution in [2.75, 3.05) is 50.2 Å². The fraction of sp³-hybridized carbons (Fsp3) is 0.591. The molecule has 2 aliphatic heterocycles. The second kappa shape index (κ2) is 7.80. The Morgan fingerprint density at radius 2 is 1.90 bits per heavy atom. The molecule has 31 heavy (non-hydrogen) atoms. The zero-order valence-corrected chi connectivity index (χ0v) is 18.8. The minimum atomic E-state index is -0.751. The number of carboxylic acids is 1. The van der Waals surface area contributed by atoms with Gasteiger partial charge in [0.1, 0.15) is 5.69 Å². The number of carbonyl (C=O) groups is 1. The van der Waals surface area contributed by atoms with Gasteiger partial charge in [-0.15, -0.1) is 5.10 Å². The summed E-state index contributed by atoms with van der Waals surface area (Å²) < 4.78 is 13.4. The first kappa shape index (κ1) is 21.6. The lowest BCUT2D eigenvalue weighted by atomic mass is 9.81. The van der Waals surface area contributed by atoms with Crippen molar-refractivity contribution in [3.05, 3.63) is 24.4 Å². The summed E-state index contributed by atoms with van der Waals surface area (Å²) >= 11 is 0. The number of hydrogen-bond donors (Lipinski definition) is 1. The maximum atomic E-state index is 11.4. The fourth-order valence-electron chi connectivity index (χ4n) is 3.91. The molecule has 1 aromatic heterocycles. The predicted molar refractivity (Wildman–Crippen MR) is 117 cm³/mol. The van der Waals surface area contributed by atoms with E-state index in [0.29, 0.717) is 32.8 Å². The second-order valence-electron chi connectivity index (χ2n) is 9.86. The van der Waals surface area contributed by atoms with Crippen LogP contribution in [0.15, 0.2) is 24.4 Å². The van der Waals surface area contributed by atoms with Crippen molar-refractivity contribution < 1.29 is 19.4 Å². The highest BCUT2D eigenvalue weighted by Gasteiger charge is 2.45. The Balaban J connectivity index is 1.49. The number of benzene rings is 1. The molecule has 0 aliphatic carbocycles. The Labute approximate surface area is 182 Å². The van der Waals surface area contributed by atoms with Crippen molar-refractivity contribution in [3.8, 4) is 11.3 Å². The van der Waals surface area contributed by atoms with Crippen LogP contribution in [0.25, 0.3) is 11.3 Å². The SMILES string of the molecule is CN(C)c1cc(N2CC(C)(C(=O)O)C2)ccc1-c1cn(CC2OCC(C)(C)CO2)nn1. The first-order valence-corrected chi connectivity index (χ1v) is 10.5. The lowest BCUT2D eigenvalue weighted by Gasteiger charge is -2.46. The van der Waals surface area contributed by atoms with Gasteiger partial charge in [-0.25, -0.2) is 4.68 Å². The third kappa shape index (κ3) is 4.38. The summed E-state index contributed by atoms with van der Waals surface area (Å²) in [5.74, 6) is -0.751. The van der Waals surface area contributed by atoms with Crippen LogP contribution in [0.5, 0.6) is 0 Å². The summed E-state index contributed by atoms with van der Waals surface area (Å²) in [6.45, 7) is 8.82. The number of ether oxygens (including phenoxy) is 2. The van der Waals surface area contributed by atoms with E-state index >= 15 is 0 Å². The van der Waals surface area contributed by atoms with E-state index in [-0.39, 0.29) is 11.7 Å². The highest BCUT2D eigenvalue weighted by molar-refractivity contribution is 5.82. The van der Waals surface area contributed by atoms with Gasteiger partial charge >= 0.3 is 5.97 Å². The molecule has 0 unspecified atom stereocenters. The lowest BCUT2D eigenvalue weighted by Crippen LogP contribution is -2.59. The van der Waals surface area contributed by atoms with Crippen molar-refractivity contribution in [1.82, 2.24) is 15.0 Å². The number of aromatic nitrogens is 3. The van der Waals surface area contributed by atoms with Crippen LogP contribution in [0.3, 0.4) is 0 Å². The normalized spacial score (nSPS) is 20.4. The van der Waals surface area contributed by atoms with Gasteiger partial charge in [-0.1, -0.05) is 19.1 Å². The average molecular weight is 430 g/mol. The molecular formula is C22H31N5O4. The molecule has 0 bridgehead atoms. The first-order chi connectivity index (χ1) is 14.6. The molecule has 0 radical (unpaired) electrons. The Bertz CT molecular complexity index is 955. The quantitative estimate of drug-likeness (QED) is 0.748. The molecule has 4 rings (SSSR count). The minimum Gasteiger partial charge on any atom is -0.481 e. The molecule has 0 spiro atoms. The minimum absolute atomic E-state index is 0.0325. The number of nitrogens with zero attached hydrogens (tertiary/aromatic N) is 5. The van der Waals surface area contributed by atoms with Crippen LogP contribution in [0, 0.1) is 10.8 Å². The second-order valence-corrected chi connectivity index (χ2v) is 9.86. The summed E-state index contributed by atoms with van der Waals surface area (Å²) in [5.41, 5.74) is 3.09. The van der Waals surface area contributed by atoms with Gasteiger partial charge in [0.25, 0.3) is 0 Å². The number of rotatable bonds is 6. The zero-order valence-electron chi connectivity index (χ0n) is 18.8. The molecule has 2 saturated heterocycles. The molecule has 1 aromatic carbocycles. The summed E-state index contributed by atoms with van der Waals surface area (Å²) in [5, 5.41) is 18.0. The van der Waals surface area contributed by atoms with E-state index < -0.39 is 11.4 Å². The molecule has 2 fully saturated rings. The summed E-state index contributed by atoms with van der Waals surface area (Å²) in [6, 6.07) is 6.11. The van der Waals surface area contributed by atoms with E-state index in [1.54, 1.807) is 11.6 Å². The maximum Gasteiger partial charge on any atom is 0.312 e. The first-order valence-electron chi connectivity index (χ1n) is 10.5. The van der Waals surface area contributed by atoms with Gasteiger partial charge in [-0.05, 0) is 25.1 Å². The number of hydrogen-bond acceptors (Lipinski definition) is 7. The van der Waals surface area contributed by atoms with Gasteiger partial charge in [-0.3, -0.25) is 4.79 Å². The highest BCUT2D eigenvalue weighted by Crippen LogP contribution is 2.38. The van der Waals surface area contributed by atoms with Crippen molar-refractivity contribution in [1.29, 1.82) is 0 Å². The lowest BCUT2D eigenvalue weighted by molar-refractivity contribution is -0.227. The smallest absolute Gasteiger partial charge is 0.312 e. The molecule has 1 N–H and O–H groups in total. The average Bonchev–Trinajstić information content (AvgIpc) is 3.15. The van der Waals surface area contributed by atoms with Crippen molar-refractivity contribution in [2.45, 2.75) is 33.6 Å². The van der Waals surface area contributed by atoms with Gasteiger partial charge in [0.2, 0.25) is 0 Å². The molecule has 9 heteroatoms. The third-order valence-corrected chi connectivity index (χ3v) is 5.89. The third-order valence-electron chi connectivity index (χ3n) is 5.89. The summed E-state index contributed by atoms with van der Waals surface area (Å²) in [4.78, 5) is 15.5. The van der Waals surface area contributed by atoms with Crippen LogP contribution in [0.4, 0.5) is 11.4 Å². The molecular weight excluding hydrogens is 398 g/mol. The van der Waals surface area contributed by atoms with E-state index in [0.717, 1.165) is 22.6 Å². The Hall–Kier alpha value is -2.65. The van der Waals surface area contributed by atoms with Crippen LogP contribution >= 0.6 is 0 Å². The fourth-order valence-corrected chi connectivity index (χ4v) is 3.91. The van der Waals surface area contributed by atoms with Crippen LogP contribution in [0.1, 0.15) is 20.8 Å². The van der Waals surface area contributed by atoms with Gasteiger partial charge < -0.3 is 24.4 Å². The predicted octanol–water partition coefficient (Wildman–Crippen LogP) is 2.32. The molecule has 0 amide bonds. The van der Waals surface area contributed by atoms with Gasteiger partial charge in [-0.2, -0.15) is 0 Å². The number of anilines is 2. The summed E-state index contributed by atoms with van der Waals surface area (Å²) in [6.07, 6.45) is 1.58. The van der Waals surface area contributed by atoms with Gasteiger partial charge in [0, 0.05) is 49.5 Å². The Morgan fingerprint density at radius 1 is 1.23 bits per heavy atom. The van der Waals surface area contributed by atoms with Crippen molar-refractivity contribution in [3.63, 3.8) is 0 Å². The zero-order chi connectivity index (χ0) is 22.4.